The monoisotopic (exact) mass is 275 g/mol. The summed E-state index contributed by atoms with van der Waals surface area (Å²) in [7, 11) is 0. The van der Waals surface area contributed by atoms with Gasteiger partial charge in [-0.3, -0.25) is 9.59 Å². The van der Waals surface area contributed by atoms with Gasteiger partial charge in [0.2, 0.25) is 5.91 Å². The van der Waals surface area contributed by atoms with Gasteiger partial charge in [-0.15, -0.1) is 0 Å². The van der Waals surface area contributed by atoms with Crippen LogP contribution < -0.4 is 5.32 Å². The molecule has 3 heteroatoms. The van der Waals surface area contributed by atoms with Crippen LogP contribution in [0.15, 0.2) is 24.3 Å². The fourth-order valence-electron chi connectivity index (χ4n) is 1.99. The fraction of sp³-hybridized carbons (Fsp3) is 0.529. The molecule has 110 valence electrons. The summed E-state index contributed by atoms with van der Waals surface area (Å²) in [6, 6.07) is 7.50. The summed E-state index contributed by atoms with van der Waals surface area (Å²) in [6.45, 7) is 6.40. The number of Topliss-reactive ketones (excluding diaryl/α,β-unsaturated/α-hetero) is 1. The minimum atomic E-state index is -0.00566. The van der Waals surface area contributed by atoms with Crippen LogP contribution >= 0.6 is 0 Å². The summed E-state index contributed by atoms with van der Waals surface area (Å²) in [5.74, 6) is 0.217. The van der Waals surface area contributed by atoms with Crippen LogP contribution in [0.25, 0.3) is 0 Å². The normalized spacial score (nSPS) is 10.6. The molecule has 0 saturated heterocycles. The van der Waals surface area contributed by atoms with Crippen molar-refractivity contribution in [2.24, 2.45) is 5.92 Å². The van der Waals surface area contributed by atoms with Crippen molar-refractivity contribution in [1.82, 2.24) is 5.32 Å². The second-order valence-corrected chi connectivity index (χ2v) is 5.45. The van der Waals surface area contributed by atoms with Crippen LogP contribution in [0, 0.1) is 5.92 Å². The van der Waals surface area contributed by atoms with Crippen LogP contribution in [0.3, 0.4) is 0 Å². The Morgan fingerprint density at radius 2 is 1.95 bits per heavy atom. The van der Waals surface area contributed by atoms with E-state index in [1.165, 1.54) is 0 Å². The Labute approximate surface area is 121 Å². The molecule has 0 aliphatic carbocycles. The zero-order valence-corrected chi connectivity index (χ0v) is 12.7. The van der Waals surface area contributed by atoms with E-state index in [1.54, 1.807) is 0 Å². The van der Waals surface area contributed by atoms with E-state index in [9.17, 15) is 9.59 Å². The first-order valence-corrected chi connectivity index (χ1v) is 7.44. The van der Waals surface area contributed by atoms with Gasteiger partial charge in [-0.2, -0.15) is 0 Å². The average molecular weight is 275 g/mol. The van der Waals surface area contributed by atoms with E-state index >= 15 is 0 Å². The molecule has 0 saturated carbocycles. The van der Waals surface area contributed by atoms with Crippen molar-refractivity contribution >= 4 is 11.7 Å². The van der Waals surface area contributed by atoms with E-state index in [0.717, 1.165) is 30.4 Å². The molecule has 1 aromatic carbocycles. The Balaban J connectivity index is 2.50. The molecule has 0 aliphatic rings. The molecular weight excluding hydrogens is 250 g/mol. The van der Waals surface area contributed by atoms with Crippen LogP contribution in [-0.2, 0) is 11.3 Å². The van der Waals surface area contributed by atoms with E-state index < -0.39 is 0 Å². The molecule has 1 N–H and O–H groups in total. The molecule has 0 fully saturated rings. The number of hydrogen-bond acceptors (Lipinski definition) is 2. The topological polar surface area (TPSA) is 46.2 Å². The minimum Gasteiger partial charge on any atom is -0.352 e. The molecule has 1 amide bonds. The van der Waals surface area contributed by atoms with Crippen LogP contribution in [0.4, 0.5) is 0 Å². The van der Waals surface area contributed by atoms with Gasteiger partial charge in [0.05, 0.1) is 0 Å². The van der Waals surface area contributed by atoms with Gasteiger partial charge in [0.1, 0.15) is 0 Å². The lowest BCUT2D eigenvalue weighted by atomic mass is 9.99. The number of rotatable bonds is 8. The molecule has 0 heterocycles. The maximum Gasteiger partial charge on any atom is 0.220 e. The first kappa shape index (κ1) is 16.4. The van der Waals surface area contributed by atoms with Crippen LogP contribution in [0.5, 0.6) is 0 Å². The van der Waals surface area contributed by atoms with Crippen molar-refractivity contribution in [2.75, 3.05) is 0 Å². The maximum atomic E-state index is 11.9. The highest BCUT2D eigenvalue weighted by molar-refractivity contribution is 5.97. The molecule has 0 spiro atoms. The van der Waals surface area contributed by atoms with Gasteiger partial charge in [-0.05, 0) is 18.1 Å². The number of nitrogens with one attached hydrogen (secondary N) is 1. The predicted octanol–water partition coefficient (Wildman–Crippen LogP) is 3.72. The van der Waals surface area contributed by atoms with E-state index in [-0.39, 0.29) is 17.6 Å². The Kier molecular flexibility index (Phi) is 6.99. The Morgan fingerprint density at radius 3 is 2.60 bits per heavy atom. The van der Waals surface area contributed by atoms with Gasteiger partial charge in [-0.1, -0.05) is 51.8 Å². The molecule has 0 bridgehead atoms. The number of ketones is 1. The number of carbonyl (C=O) groups excluding carboxylic acids is 2. The third kappa shape index (κ3) is 5.55. The van der Waals surface area contributed by atoms with Crippen LogP contribution in [-0.4, -0.2) is 11.7 Å². The van der Waals surface area contributed by atoms with Crippen molar-refractivity contribution in [3.8, 4) is 0 Å². The highest BCUT2D eigenvalue weighted by Gasteiger charge is 2.10. The lowest BCUT2D eigenvalue weighted by Gasteiger charge is -2.08. The second-order valence-electron chi connectivity index (χ2n) is 5.45. The van der Waals surface area contributed by atoms with E-state index in [1.807, 2.05) is 38.1 Å². The molecule has 20 heavy (non-hydrogen) atoms. The smallest absolute Gasteiger partial charge is 0.220 e. The third-order valence-electron chi connectivity index (χ3n) is 3.23. The summed E-state index contributed by atoms with van der Waals surface area (Å²) in [4.78, 5) is 23.6. The van der Waals surface area contributed by atoms with Crippen molar-refractivity contribution < 1.29 is 9.59 Å². The number of benzene rings is 1. The molecule has 0 atom stereocenters. The molecule has 1 aromatic rings. The largest absolute Gasteiger partial charge is 0.352 e. The Hall–Kier alpha value is -1.64. The minimum absolute atomic E-state index is 0.00566. The lowest BCUT2D eigenvalue weighted by molar-refractivity contribution is -0.121. The standard InChI is InChI=1S/C17H25NO2/c1-4-5-6-10-16(19)18-12-14-8-7-9-15(11-14)17(20)13(2)3/h7-9,11,13H,4-6,10,12H2,1-3H3,(H,18,19). The van der Waals surface area contributed by atoms with Gasteiger partial charge in [0.25, 0.3) is 0 Å². The molecule has 0 aromatic heterocycles. The van der Waals surface area contributed by atoms with Gasteiger partial charge >= 0.3 is 0 Å². The highest BCUT2D eigenvalue weighted by Crippen LogP contribution is 2.11. The summed E-state index contributed by atoms with van der Waals surface area (Å²) in [5.41, 5.74) is 1.69. The fourth-order valence-corrected chi connectivity index (χ4v) is 1.99. The summed E-state index contributed by atoms with van der Waals surface area (Å²) in [5, 5.41) is 2.90. The van der Waals surface area contributed by atoms with Crippen molar-refractivity contribution in [3.05, 3.63) is 35.4 Å². The Morgan fingerprint density at radius 1 is 1.20 bits per heavy atom. The predicted molar refractivity (Wildman–Crippen MR) is 81.6 cm³/mol. The van der Waals surface area contributed by atoms with Crippen molar-refractivity contribution in [2.45, 2.75) is 53.0 Å². The number of unbranched alkanes of at least 4 members (excludes halogenated alkanes) is 2. The van der Waals surface area contributed by atoms with Crippen molar-refractivity contribution in [1.29, 1.82) is 0 Å². The molecule has 1 rings (SSSR count). The highest BCUT2D eigenvalue weighted by atomic mass is 16.1. The average Bonchev–Trinajstić information content (AvgIpc) is 2.45. The molecule has 0 aliphatic heterocycles. The lowest BCUT2D eigenvalue weighted by Crippen LogP contribution is -2.22. The zero-order valence-electron chi connectivity index (χ0n) is 12.7. The third-order valence-corrected chi connectivity index (χ3v) is 3.23. The first-order chi connectivity index (χ1) is 9.54. The first-order valence-electron chi connectivity index (χ1n) is 7.44. The van der Waals surface area contributed by atoms with E-state index in [0.29, 0.717) is 13.0 Å². The van der Waals surface area contributed by atoms with Crippen molar-refractivity contribution in [3.63, 3.8) is 0 Å². The van der Waals surface area contributed by atoms with E-state index in [4.69, 9.17) is 0 Å². The van der Waals surface area contributed by atoms with E-state index in [2.05, 4.69) is 12.2 Å². The summed E-state index contributed by atoms with van der Waals surface area (Å²) < 4.78 is 0. The number of carbonyl (C=O) groups is 2. The van der Waals surface area contributed by atoms with Crippen LogP contribution in [0.1, 0.15) is 62.4 Å². The summed E-state index contributed by atoms with van der Waals surface area (Å²) >= 11 is 0. The Bertz CT molecular complexity index is 452. The quantitative estimate of drug-likeness (QED) is 0.580. The zero-order chi connectivity index (χ0) is 15.0. The van der Waals surface area contributed by atoms with Gasteiger partial charge in [0.15, 0.2) is 5.78 Å². The van der Waals surface area contributed by atoms with Gasteiger partial charge in [-0.25, -0.2) is 0 Å². The molecule has 0 radical (unpaired) electrons. The van der Waals surface area contributed by atoms with Gasteiger partial charge < -0.3 is 5.32 Å². The molecular formula is C17H25NO2. The van der Waals surface area contributed by atoms with Crippen LogP contribution in [0.2, 0.25) is 0 Å². The SMILES string of the molecule is CCCCCC(=O)NCc1cccc(C(=O)C(C)C)c1. The second kappa shape index (κ2) is 8.51. The molecule has 0 unspecified atom stereocenters. The number of amides is 1. The summed E-state index contributed by atoms with van der Waals surface area (Å²) in [6.07, 6.45) is 3.73. The molecule has 3 nitrogen and oxygen atoms in total. The number of hydrogen-bond donors (Lipinski definition) is 1. The maximum absolute atomic E-state index is 11.9. The van der Waals surface area contributed by atoms with Gasteiger partial charge in [0, 0.05) is 24.4 Å².